The van der Waals surface area contributed by atoms with Crippen LogP contribution >= 0.6 is 0 Å². The number of hydrogen-bond donors (Lipinski definition) is 2. The van der Waals surface area contributed by atoms with E-state index >= 15 is 0 Å². The van der Waals surface area contributed by atoms with Crippen molar-refractivity contribution in [3.8, 4) is 0 Å². The molecule has 0 aliphatic rings. The molecule has 4 rings (SSSR count). The summed E-state index contributed by atoms with van der Waals surface area (Å²) in [5.41, 5.74) is 0.227. The number of amides is 1. The number of halogens is 4. The summed E-state index contributed by atoms with van der Waals surface area (Å²) in [4.78, 5) is 16.8. The van der Waals surface area contributed by atoms with Gasteiger partial charge in [0.2, 0.25) is 0 Å². The van der Waals surface area contributed by atoms with Crippen LogP contribution < -0.4 is 5.32 Å². The summed E-state index contributed by atoms with van der Waals surface area (Å²) < 4.78 is 53.1. The minimum atomic E-state index is -4.51. The Kier molecular flexibility index (Phi) is 4.94. The zero-order chi connectivity index (χ0) is 21.3. The van der Waals surface area contributed by atoms with E-state index in [1.165, 1.54) is 30.5 Å². The number of benzene rings is 2. The molecule has 2 aromatic carbocycles. The first-order valence-corrected chi connectivity index (χ1v) is 8.84. The van der Waals surface area contributed by atoms with Crippen molar-refractivity contribution in [2.75, 3.05) is 0 Å². The maximum Gasteiger partial charge on any atom is 0.416 e. The Hall–Kier alpha value is -3.75. The number of carbonyl (C=O) groups is 1. The molecule has 2 heterocycles. The van der Waals surface area contributed by atoms with Crippen molar-refractivity contribution in [3.05, 3.63) is 95.2 Å². The van der Waals surface area contributed by atoms with Gasteiger partial charge in [-0.3, -0.25) is 14.9 Å². The Morgan fingerprint density at radius 2 is 1.83 bits per heavy atom. The predicted molar refractivity (Wildman–Crippen MR) is 101 cm³/mol. The van der Waals surface area contributed by atoms with Crippen molar-refractivity contribution < 1.29 is 22.4 Å². The maximum absolute atomic E-state index is 14.4. The molecule has 0 bridgehead atoms. The van der Waals surface area contributed by atoms with Gasteiger partial charge in [0.25, 0.3) is 5.91 Å². The number of fused-ring (bicyclic) bond motifs is 1. The monoisotopic (exact) mass is 414 g/mol. The highest BCUT2D eigenvalue weighted by Gasteiger charge is 2.31. The topological polar surface area (TPSA) is 70.7 Å². The highest BCUT2D eigenvalue weighted by Crippen LogP contribution is 2.31. The highest BCUT2D eigenvalue weighted by atomic mass is 19.4. The fraction of sp³-hybridized carbons (Fsp3) is 0.0952. The fourth-order valence-corrected chi connectivity index (χ4v) is 3.08. The zero-order valence-electron chi connectivity index (χ0n) is 15.2. The Morgan fingerprint density at radius 3 is 2.53 bits per heavy atom. The van der Waals surface area contributed by atoms with E-state index in [1.54, 1.807) is 24.4 Å². The molecular weight excluding hydrogens is 400 g/mol. The van der Waals surface area contributed by atoms with Crippen molar-refractivity contribution >= 4 is 16.8 Å². The summed E-state index contributed by atoms with van der Waals surface area (Å²) in [6.07, 6.45) is -1.56. The van der Waals surface area contributed by atoms with E-state index in [1.807, 2.05) is 0 Å². The van der Waals surface area contributed by atoms with Crippen LogP contribution in [-0.4, -0.2) is 21.1 Å². The number of nitrogens with zero attached hydrogens (tertiary/aromatic N) is 2. The van der Waals surface area contributed by atoms with Crippen molar-refractivity contribution in [2.45, 2.75) is 12.2 Å². The molecule has 1 amide bonds. The zero-order valence-corrected chi connectivity index (χ0v) is 15.2. The van der Waals surface area contributed by atoms with Gasteiger partial charge in [-0.1, -0.05) is 18.2 Å². The molecule has 0 aliphatic carbocycles. The Bertz CT molecular complexity index is 1200. The first-order chi connectivity index (χ1) is 14.3. The minimum absolute atomic E-state index is 0.103. The van der Waals surface area contributed by atoms with E-state index in [0.717, 1.165) is 17.5 Å². The quantitative estimate of drug-likeness (QED) is 0.478. The summed E-state index contributed by atoms with van der Waals surface area (Å²) in [5.74, 6) is -1.23. The van der Waals surface area contributed by atoms with Crippen molar-refractivity contribution in [3.63, 3.8) is 0 Å². The number of H-pyrrole nitrogens is 1. The van der Waals surface area contributed by atoms with E-state index in [9.17, 15) is 22.4 Å². The van der Waals surface area contributed by atoms with Crippen LogP contribution in [0.5, 0.6) is 0 Å². The van der Waals surface area contributed by atoms with E-state index in [2.05, 4.69) is 20.5 Å². The molecule has 0 aliphatic heterocycles. The molecule has 0 saturated carbocycles. The number of alkyl halides is 3. The smallest absolute Gasteiger partial charge is 0.339 e. The lowest BCUT2D eigenvalue weighted by Crippen LogP contribution is -2.30. The molecule has 0 radical (unpaired) electrons. The van der Waals surface area contributed by atoms with Crippen LogP contribution in [0.25, 0.3) is 10.9 Å². The van der Waals surface area contributed by atoms with Crippen LogP contribution in [-0.2, 0) is 6.18 Å². The molecule has 0 fully saturated rings. The number of carbonyl (C=O) groups excluding carboxylic acids is 1. The van der Waals surface area contributed by atoms with Gasteiger partial charge in [-0.05, 0) is 42.0 Å². The summed E-state index contributed by atoms with van der Waals surface area (Å²) in [6, 6.07) is 10.5. The number of pyridine rings is 1. The van der Waals surface area contributed by atoms with Crippen LogP contribution in [0.4, 0.5) is 17.6 Å². The largest absolute Gasteiger partial charge is 0.416 e. The molecule has 2 N–H and O–H groups in total. The van der Waals surface area contributed by atoms with Gasteiger partial charge in [0.05, 0.1) is 23.3 Å². The van der Waals surface area contributed by atoms with E-state index in [-0.39, 0.29) is 16.8 Å². The third-order valence-corrected chi connectivity index (χ3v) is 4.61. The third-order valence-electron chi connectivity index (χ3n) is 4.61. The van der Waals surface area contributed by atoms with E-state index in [0.29, 0.717) is 5.52 Å². The predicted octanol–water partition coefficient (Wildman–Crippen LogP) is 4.64. The van der Waals surface area contributed by atoms with E-state index < -0.39 is 29.5 Å². The fourth-order valence-electron chi connectivity index (χ4n) is 3.08. The van der Waals surface area contributed by atoms with Crippen LogP contribution in [0.1, 0.15) is 33.2 Å². The van der Waals surface area contributed by atoms with Gasteiger partial charge < -0.3 is 5.32 Å². The first kappa shape index (κ1) is 19.6. The molecule has 0 saturated heterocycles. The Balaban J connectivity index is 1.70. The molecule has 9 heteroatoms. The second kappa shape index (κ2) is 7.58. The normalized spacial score (nSPS) is 12.7. The molecule has 4 aromatic rings. The summed E-state index contributed by atoms with van der Waals surface area (Å²) in [6.45, 7) is 0. The summed E-state index contributed by atoms with van der Waals surface area (Å²) >= 11 is 0. The number of aromatic nitrogens is 3. The standard InChI is InChI=1S/C21H14F4N4O/c22-16-2-1-9-26-19(16)18(12-5-7-15(8-6-12)21(23,24)25)28-20(30)13-3-4-14-11-27-29-17(14)10-13/h1-11,18H,(H,27,29)(H,28,30). The van der Waals surface area contributed by atoms with Crippen molar-refractivity contribution in [1.82, 2.24) is 20.5 Å². The molecule has 152 valence electrons. The van der Waals surface area contributed by atoms with Crippen LogP contribution in [0.2, 0.25) is 0 Å². The summed E-state index contributed by atoms with van der Waals surface area (Å²) in [5, 5.41) is 10.1. The van der Waals surface area contributed by atoms with Gasteiger partial charge in [-0.25, -0.2) is 4.39 Å². The van der Waals surface area contributed by atoms with Crippen LogP contribution in [0.3, 0.4) is 0 Å². The lowest BCUT2D eigenvalue weighted by molar-refractivity contribution is -0.137. The van der Waals surface area contributed by atoms with Crippen LogP contribution in [0, 0.1) is 5.82 Å². The Labute approximate surface area is 167 Å². The summed E-state index contributed by atoms with van der Waals surface area (Å²) in [7, 11) is 0. The second-order valence-electron chi connectivity index (χ2n) is 6.57. The molecule has 0 spiro atoms. The highest BCUT2D eigenvalue weighted by molar-refractivity contribution is 5.98. The Morgan fingerprint density at radius 1 is 1.07 bits per heavy atom. The van der Waals surface area contributed by atoms with E-state index in [4.69, 9.17) is 0 Å². The van der Waals surface area contributed by atoms with Gasteiger partial charge in [0.15, 0.2) is 0 Å². The van der Waals surface area contributed by atoms with Gasteiger partial charge in [-0.2, -0.15) is 18.3 Å². The third kappa shape index (κ3) is 3.86. The number of aromatic amines is 1. The van der Waals surface area contributed by atoms with Crippen LogP contribution in [0.15, 0.2) is 67.0 Å². The van der Waals surface area contributed by atoms with Gasteiger partial charge in [-0.15, -0.1) is 0 Å². The second-order valence-corrected chi connectivity index (χ2v) is 6.57. The van der Waals surface area contributed by atoms with Gasteiger partial charge >= 0.3 is 6.18 Å². The first-order valence-electron chi connectivity index (χ1n) is 8.84. The number of hydrogen-bond acceptors (Lipinski definition) is 3. The molecule has 1 atom stereocenters. The lowest BCUT2D eigenvalue weighted by atomic mass is 10.00. The molecular formula is C21H14F4N4O. The average molecular weight is 414 g/mol. The maximum atomic E-state index is 14.4. The van der Waals surface area contributed by atoms with Gasteiger partial charge in [0, 0.05) is 17.1 Å². The molecule has 2 aromatic heterocycles. The minimum Gasteiger partial charge on any atom is -0.339 e. The van der Waals surface area contributed by atoms with Crippen molar-refractivity contribution in [1.29, 1.82) is 0 Å². The molecule has 1 unspecified atom stereocenters. The number of rotatable bonds is 4. The SMILES string of the molecule is O=C(NC(c1ccc(C(F)(F)F)cc1)c1ncccc1F)c1ccc2cn[nH]c2c1. The average Bonchev–Trinajstić information content (AvgIpc) is 3.20. The molecule has 5 nitrogen and oxygen atoms in total. The number of nitrogens with one attached hydrogen (secondary N) is 2. The molecule has 30 heavy (non-hydrogen) atoms. The van der Waals surface area contributed by atoms with Gasteiger partial charge in [0.1, 0.15) is 11.5 Å². The van der Waals surface area contributed by atoms with Crippen molar-refractivity contribution in [2.24, 2.45) is 0 Å². The lowest BCUT2D eigenvalue weighted by Gasteiger charge is -2.20.